The van der Waals surface area contributed by atoms with Crippen LogP contribution in [0.1, 0.15) is 11.5 Å². The van der Waals surface area contributed by atoms with Crippen molar-refractivity contribution in [3.05, 3.63) is 76.4 Å². The number of rotatable bonds is 7. The Morgan fingerprint density at radius 2 is 1.29 bits per heavy atom. The Bertz CT molecular complexity index is 553. The van der Waals surface area contributed by atoms with Gasteiger partial charge in [-0.25, -0.2) is 0 Å². The molecule has 0 fully saturated rings. The molecule has 1 rings (SSSR count). The van der Waals surface area contributed by atoms with Gasteiger partial charge in [-0.1, -0.05) is 30.3 Å². The minimum Gasteiger partial charge on any atom is -0.265 e. The van der Waals surface area contributed by atoms with Crippen LogP contribution < -0.4 is 0 Å². The molecule has 0 heterocycles. The molecule has 0 aliphatic rings. The SMILES string of the molecule is O=[N+]([O-])CC(c1ccccc1)C([N+](=O)[O-])([N+](=O)[O-])[N+](=O)[O-]. The Morgan fingerprint density at radius 3 is 1.62 bits per heavy atom. The van der Waals surface area contributed by atoms with Gasteiger partial charge in [0.2, 0.25) is 6.54 Å². The molecule has 112 valence electrons. The summed E-state index contributed by atoms with van der Waals surface area (Å²) in [5, 5.41) is 43.6. The van der Waals surface area contributed by atoms with Crippen LogP contribution in [0.5, 0.6) is 0 Å². The number of nitro groups is 4. The van der Waals surface area contributed by atoms with E-state index in [1.165, 1.54) is 18.2 Å². The third-order valence-corrected chi connectivity index (χ3v) is 2.81. The van der Waals surface area contributed by atoms with Gasteiger partial charge >= 0.3 is 5.79 Å². The Morgan fingerprint density at radius 1 is 0.857 bits per heavy atom. The number of benzene rings is 1. The topological polar surface area (TPSA) is 173 Å². The monoisotopic (exact) mass is 300 g/mol. The zero-order valence-electron chi connectivity index (χ0n) is 10.2. The third-order valence-electron chi connectivity index (χ3n) is 2.81. The van der Waals surface area contributed by atoms with Crippen molar-refractivity contribution >= 4 is 0 Å². The lowest BCUT2D eigenvalue weighted by Crippen LogP contribution is -2.59. The average molecular weight is 300 g/mol. The van der Waals surface area contributed by atoms with E-state index in [0.717, 1.165) is 12.1 Å². The molecule has 12 nitrogen and oxygen atoms in total. The Labute approximate surface area is 115 Å². The van der Waals surface area contributed by atoms with Crippen LogP contribution in [-0.2, 0) is 0 Å². The fraction of sp³-hybridized carbons (Fsp3) is 0.333. The van der Waals surface area contributed by atoms with Crippen molar-refractivity contribution in [1.82, 2.24) is 0 Å². The van der Waals surface area contributed by atoms with Crippen molar-refractivity contribution in [3.63, 3.8) is 0 Å². The highest BCUT2D eigenvalue weighted by Gasteiger charge is 2.78. The highest BCUT2D eigenvalue weighted by molar-refractivity contribution is 5.21. The van der Waals surface area contributed by atoms with Crippen LogP contribution >= 0.6 is 0 Å². The molecule has 0 aromatic heterocycles. The summed E-state index contributed by atoms with van der Waals surface area (Å²) in [6, 6.07) is 6.33. The molecular weight excluding hydrogens is 292 g/mol. The Kier molecular flexibility index (Phi) is 4.42. The van der Waals surface area contributed by atoms with Crippen LogP contribution in [0.25, 0.3) is 0 Å². The molecule has 1 aromatic carbocycles. The molecule has 1 unspecified atom stereocenters. The summed E-state index contributed by atoms with van der Waals surface area (Å²) in [4.78, 5) is 37.4. The highest BCUT2D eigenvalue weighted by atomic mass is 16.7. The van der Waals surface area contributed by atoms with E-state index < -0.39 is 37.9 Å². The van der Waals surface area contributed by atoms with E-state index in [4.69, 9.17) is 0 Å². The van der Waals surface area contributed by atoms with Gasteiger partial charge in [-0.3, -0.25) is 40.5 Å². The van der Waals surface area contributed by atoms with Crippen molar-refractivity contribution in [2.45, 2.75) is 11.7 Å². The molecule has 0 aliphatic carbocycles. The summed E-state index contributed by atoms with van der Waals surface area (Å²) in [6.45, 7) is -1.33. The zero-order chi connectivity index (χ0) is 16.2. The molecule has 0 bridgehead atoms. The van der Waals surface area contributed by atoms with Gasteiger partial charge in [0, 0.05) is 4.92 Å². The first-order valence-corrected chi connectivity index (χ1v) is 5.34. The number of hydrogen-bond donors (Lipinski definition) is 0. The van der Waals surface area contributed by atoms with Crippen LogP contribution in [0, 0.1) is 40.5 Å². The Hall–Kier alpha value is -3.18. The van der Waals surface area contributed by atoms with Crippen LogP contribution in [0.15, 0.2) is 30.3 Å². The summed E-state index contributed by atoms with van der Waals surface area (Å²) < 4.78 is 0. The summed E-state index contributed by atoms with van der Waals surface area (Å²) in [7, 11) is 0. The van der Waals surface area contributed by atoms with Gasteiger partial charge in [-0.15, -0.1) is 0 Å². The maximum atomic E-state index is 11.0. The number of hydrogen-bond acceptors (Lipinski definition) is 8. The molecule has 0 N–H and O–H groups in total. The van der Waals surface area contributed by atoms with E-state index in [9.17, 15) is 40.5 Å². The first kappa shape index (κ1) is 15.9. The standard InChI is InChI=1S/C9H8N4O8/c14-10(15)6-8(7-4-2-1-3-5-7)9(11(16)17,12(18)19)13(20)21/h1-5,8H,6H2. The van der Waals surface area contributed by atoms with Crippen LogP contribution in [0.4, 0.5) is 0 Å². The molecule has 1 aromatic rings. The third kappa shape index (κ3) is 2.72. The van der Waals surface area contributed by atoms with E-state index in [1.54, 1.807) is 0 Å². The lowest BCUT2D eigenvalue weighted by Gasteiger charge is -2.16. The molecule has 0 amide bonds. The minimum absolute atomic E-state index is 0.237. The van der Waals surface area contributed by atoms with E-state index >= 15 is 0 Å². The van der Waals surface area contributed by atoms with E-state index in [1.807, 2.05) is 0 Å². The molecule has 0 saturated carbocycles. The van der Waals surface area contributed by atoms with Gasteiger partial charge in [0.15, 0.2) is 14.8 Å². The first-order valence-electron chi connectivity index (χ1n) is 5.34. The average Bonchev–Trinajstić information content (AvgIpc) is 2.37. The highest BCUT2D eigenvalue weighted by Crippen LogP contribution is 2.32. The van der Waals surface area contributed by atoms with Crippen LogP contribution in [-0.4, -0.2) is 32.0 Å². The zero-order valence-corrected chi connectivity index (χ0v) is 10.2. The van der Waals surface area contributed by atoms with Crippen LogP contribution in [0.2, 0.25) is 0 Å². The van der Waals surface area contributed by atoms with E-state index in [0.29, 0.717) is 0 Å². The lowest BCUT2D eigenvalue weighted by atomic mass is 9.92. The largest absolute Gasteiger partial charge is 0.713 e. The predicted molar refractivity (Wildman–Crippen MR) is 64.8 cm³/mol. The molecule has 0 spiro atoms. The van der Waals surface area contributed by atoms with Crippen molar-refractivity contribution in [1.29, 1.82) is 0 Å². The molecule has 0 radical (unpaired) electrons. The van der Waals surface area contributed by atoms with Crippen molar-refractivity contribution in [2.24, 2.45) is 0 Å². The molecule has 0 saturated heterocycles. The maximum Gasteiger partial charge on any atom is 0.713 e. The molecule has 12 heteroatoms. The van der Waals surface area contributed by atoms with Crippen LogP contribution in [0.3, 0.4) is 0 Å². The molecule has 21 heavy (non-hydrogen) atoms. The van der Waals surface area contributed by atoms with E-state index in [-0.39, 0.29) is 5.56 Å². The Balaban J connectivity index is 3.59. The van der Waals surface area contributed by atoms with E-state index in [2.05, 4.69) is 0 Å². The second-order valence-corrected chi connectivity index (χ2v) is 3.94. The fourth-order valence-electron chi connectivity index (χ4n) is 1.87. The van der Waals surface area contributed by atoms with Gasteiger partial charge in [-0.2, -0.15) is 0 Å². The van der Waals surface area contributed by atoms with Gasteiger partial charge in [-0.05, 0) is 5.56 Å². The second-order valence-electron chi connectivity index (χ2n) is 3.94. The predicted octanol–water partition coefficient (Wildman–Crippen LogP) is 0.531. The smallest absolute Gasteiger partial charge is 0.265 e. The molecular formula is C9H8N4O8. The van der Waals surface area contributed by atoms with Gasteiger partial charge < -0.3 is 0 Å². The van der Waals surface area contributed by atoms with Crippen molar-refractivity contribution < 1.29 is 19.7 Å². The minimum atomic E-state index is -3.92. The van der Waals surface area contributed by atoms with Gasteiger partial charge in [0.1, 0.15) is 0 Å². The molecule has 1 atom stereocenters. The first-order chi connectivity index (χ1) is 9.74. The van der Waals surface area contributed by atoms with Gasteiger partial charge in [0.25, 0.3) is 5.92 Å². The maximum absolute atomic E-state index is 11.0. The second kappa shape index (κ2) is 5.85. The fourth-order valence-corrected chi connectivity index (χ4v) is 1.87. The summed E-state index contributed by atoms with van der Waals surface area (Å²) in [6.07, 6.45) is 0. The lowest BCUT2D eigenvalue weighted by molar-refractivity contribution is -0.975. The summed E-state index contributed by atoms with van der Waals surface area (Å²) in [5.74, 6) is -6.08. The van der Waals surface area contributed by atoms with Crippen molar-refractivity contribution in [3.8, 4) is 0 Å². The summed E-state index contributed by atoms with van der Waals surface area (Å²) in [5.41, 5.74) is -0.237. The normalized spacial score (nSPS) is 12.4. The molecule has 0 aliphatic heterocycles. The van der Waals surface area contributed by atoms with Crippen molar-refractivity contribution in [2.75, 3.05) is 6.54 Å². The summed E-state index contributed by atoms with van der Waals surface area (Å²) >= 11 is 0. The van der Waals surface area contributed by atoms with Gasteiger partial charge in [0.05, 0.1) is 0 Å². The number of nitrogens with zero attached hydrogens (tertiary/aromatic N) is 4. The quantitative estimate of drug-likeness (QED) is 0.398.